The summed E-state index contributed by atoms with van der Waals surface area (Å²) in [5, 5.41) is 0. The molecule has 0 unspecified atom stereocenters. The molecule has 0 radical (unpaired) electrons. The molecule has 0 aliphatic heterocycles. The molecule has 1 rings (SSSR count). The first-order chi connectivity index (χ1) is 7.69. The van der Waals surface area contributed by atoms with Gasteiger partial charge in [0, 0.05) is 12.1 Å². The standard InChI is InChI=1S/C11H16N2O.C2H6/c1-8(14)11-3-2-9(7-13)6-10(11)4-5-12;1-2/h2-3,6H,4-5,7,12-13H2,1H3;1-2H3. The second kappa shape index (κ2) is 8.02. The van der Waals surface area contributed by atoms with Gasteiger partial charge >= 0.3 is 0 Å². The molecule has 0 amide bonds. The molecule has 3 heteroatoms. The lowest BCUT2D eigenvalue weighted by Gasteiger charge is -2.07. The van der Waals surface area contributed by atoms with Crippen LogP contribution in [0.15, 0.2) is 18.2 Å². The Bertz CT molecular complexity index is 335. The summed E-state index contributed by atoms with van der Waals surface area (Å²) in [5.41, 5.74) is 13.8. The van der Waals surface area contributed by atoms with Crippen molar-refractivity contribution in [2.45, 2.75) is 33.7 Å². The maximum absolute atomic E-state index is 11.3. The van der Waals surface area contributed by atoms with Gasteiger partial charge in [-0.3, -0.25) is 4.79 Å². The molecule has 0 spiro atoms. The number of rotatable bonds is 4. The van der Waals surface area contributed by atoms with Crippen molar-refractivity contribution in [2.24, 2.45) is 11.5 Å². The van der Waals surface area contributed by atoms with Gasteiger partial charge in [-0.15, -0.1) is 0 Å². The Morgan fingerprint density at radius 2 is 1.88 bits per heavy atom. The Labute approximate surface area is 97.8 Å². The van der Waals surface area contributed by atoms with Gasteiger partial charge in [0.1, 0.15) is 0 Å². The average Bonchev–Trinajstić information content (AvgIpc) is 2.31. The van der Waals surface area contributed by atoms with Crippen LogP contribution in [0.1, 0.15) is 42.3 Å². The van der Waals surface area contributed by atoms with Gasteiger partial charge in [0.15, 0.2) is 5.78 Å². The minimum absolute atomic E-state index is 0.0806. The number of nitrogens with two attached hydrogens (primary N) is 2. The number of carbonyl (C=O) groups excluding carboxylic acids is 1. The Balaban J connectivity index is 0.00000106. The Morgan fingerprint density at radius 3 is 2.31 bits per heavy atom. The van der Waals surface area contributed by atoms with Gasteiger partial charge in [-0.1, -0.05) is 32.0 Å². The van der Waals surface area contributed by atoms with E-state index in [1.807, 2.05) is 32.0 Å². The van der Waals surface area contributed by atoms with Crippen LogP contribution in [0.25, 0.3) is 0 Å². The van der Waals surface area contributed by atoms with Crippen molar-refractivity contribution in [3.63, 3.8) is 0 Å². The molecule has 4 N–H and O–H groups in total. The molecule has 0 aliphatic rings. The van der Waals surface area contributed by atoms with Crippen molar-refractivity contribution in [3.05, 3.63) is 34.9 Å². The van der Waals surface area contributed by atoms with Crippen LogP contribution >= 0.6 is 0 Å². The second-order valence-electron chi connectivity index (χ2n) is 3.29. The van der Waals surface area contributed by atoms with Gasteiger partial charge in [0.25, 0.3) is 0 Å². The number of hydrogen-bond donors (Lipinski definition) is 2. The molecule has 3 nitrogen and oxygen atoms in total. The highest BCUT2D eigenvalue weighted by atomic mass is 16.1. The quantitative estimate of drug-likeness (QED) is 0.764. The molecule has 0 atom stereocenters. The highest BCUT2D eigenvalue weighted by Crippen LogP contribution is 2.13. The van der Waals surface area contributed by atoms with Gasteiger partial charge in [-0.2, -0.15) is 0 Å². The van der Waals surface area contributed by atoms with E-state index in [0.717, 1.165) is 23.1 Å². The summed E-state index contributed by atoms with van der Waals surface area (Å²) in [6.07, 6.45) is 0.725. The molecule has 1 aromatic rings. The first-order valence-electron chi connectivity index (χ1n) is 5.72. The van der Waals surface area contributed by atoms with E-state index >= 15 is 0 Å². The zero-order valence-corrected chi connectivity index (χ0v) is 10.4. The minimum atomic E-state index is 0.0806. The van der Waals surface area contributed by atoms with Crippen LogP contribution in [-0.4, -0.2) is 12.3 Å². The summed E-state index contributed by atoms with van der Waals surface area (Å²) in [5.74, 6) is 0.0806. The second-order valence-corrected chi connectivity index (χ2v) is 3.29. The van der Waals surface area contributed by atoms with E-state index in [2.05, 4.69) is 0 Å². The Kier molecular flexibility index (Phi) is 7.42. The molecule has 0 saturated heterocycles. The summed E-state index contributed by atoms with van der Waals surface area (Å²) < 4.78 is 0. The fourth-order valence-corrected chi connectivity index (χ4v) is 1.48. The summed E-state index contributed by atoms with van der Waals surface area (Å²) in [6, 6.07) is 5.68. The molecular weight excluding hydrogens is 200 g/mol. The van der Waals surface area contributed by atoms with E-state index in [1.54, 1.807) is 6.92 Å². The number of carbonyl (C=O) groups is 1. The predicted molar refractivity (Wildman–Crippen MR) is 68.4 cm³/mol. The number of benzene rings is 1. The summed E-state index contributed by atoms with van der Waals surface area (Å²) >= 11 is 0. The van der Waals surface area contributed by atoms with E-state index in [-0.39, 0.29) is 5.78 Å². The van der Waals surface area contributed by atoms with Crippen LogP contribution in [-0.2, 0) is 13.0 Å². The van der Waals surface area contributed by atoms with Gasteiger partial charge < -0.3 is 11.5 Å². The van der Waals surface area contributed by atoms with Crippen molar-refractivity contribution >= 4 is 5.78 Å². The van der Waals surface area contributed by atoms with Gasteiger partial charge in [0.2, 0.25) is 0 Å². The lowest BCUT2D eigenvalue weighted by Crippen LogP contribution is -2.09. The maximum atomic E-state index is 11.3. The highest BCUT2D eigenvalue weighted by Gasteiger charge is 2.06. The molecule has 0 aromatic heterocycles. The summed E-state index contributed by atoms with van der Waals surface area (Å²) in [6.45, 7) is 6.61. The van der Waals surface area contributed by atoms with E-state index in [1.165, 1.54) is 0 Å². The van der Waals surface area contributed by atoms with Crippen LogP contribution in [0.2, 0.25) is 0 Å². The average molecular weight is 222 g/mol. The lowest BCUT2D eigenvalue weighted by atomic mass is 9.99. The van der Waals surface area contributed by atoms with E-state index in [9.17, 15) is 4.79 Å². The lowest BCUT2D eigenvalue weighted by molar-refractivity contribution is 0.101. The first kappa shape index (κ1) is 14.8. The zero-order chi connectivity index (χ0) is 12.6. The van der Waals surface area contributed by atoms with Crippen molar-refractivity contribution in [1.82, 2.24) is 0 Å². The molecule has 0 heterocycles. The van der Waals surface area contributed by atoms with Crippen LogP contribution in [0.3, 0.4) is 0 Å². The summed E-state index contributed by atoms with van der Waals surface area (Å²) in [4.78, 5) is 11.3. The van der Waals surface area contributed by atoms with Gasteiger partial charge in [0.05, 0.1) is 0 Å². The Morgan fingerprint density at radius 1 is 1.25 bits per heavy atom. The first-order valence-corrected chi connectivity index (χ1v) is 5.72. The van der Waals surface area contributed by atoms with Crippen LogP contribution in [0, 0.1) is 0 Å². The molecule has 16 heavy (non-hydrogen) atoms. The molecule has 0 fully saturated rings. The van der Waals surface area contributed by atoms with Crippen LogP contribution < -0.4 is 11.5 Å². The highest BCUT2D eigenvalue weighted by molar-refractivity contribution is 5.95. The zero-order valence-electron chi connectivity index (χ0n) is 10.4. The number of Topliss-reactive ketones (excluding diaryl/α,β-unsaturated/α-hetero) is 1. The minimum Gasteiger partial charge on any atom is -0.330 e. The molecule has 0 aliphatic carbocycles. The van der Waals surface area contributed by atoms with E-state index < -0.39 is 0 Å². The van der Waals surface area contributed by atoms with Gasteiger partial charge in [-0.25, -0.2) is 0 Å². The summed E-state index contributed by atoms with van der Waals surface area (Å²) in [7, 11) is 0. The third-order valence-corrected chi connectivity index (χ3v) is 2.20. The normalized spacial score (nSPS) is 9.31. The molecule has 0 saturated carbocycles. The van der Waals surface area contributed by atoms with Crippen LogP contribution in [0.5, 0.6) is 0 Å². The van der Waals surface area contributed by atoms with Gasteiger partial charge in [-0.05, 0) is 31.0 Å². The molecule has 90 valence electrons. The third kappa shape index (κ3) is 4.13. The Hall–Kier alpha value is -1.19. The molecular formula is C13H22N2O. The fourth-order valence-electron chi connectivity index (χ4n) is 1.48. The molecule has 1 aromatic carbocycles. The largest absolute Gasteiger partial charge is 0.330 e. The van der Waals surface area contributed by atoms with Crippen LogP contribution in [0.4, 0.5) is 0 Å². The van der Waals surface area contributed by atoms with E-state index in [0.29, 0.717) is 13.1 Å². The molecule has 0 bridgehead atoms. The van der Waals surface area contributed by atoms with Crippen molar-refractivity contribution < 1.29 is 4.79 Å². The predicted octanol–water partition coefficient (Wildman–Crippen LogP) is 1.88. The topological polar surface area (TPSA) is 69.1 Å². The number of hydrogen-bond acceptors (Lipinski definition) is 3. The SMILES string of the molecule is CC.CC(=O)c1ccc(CN)cc1CCN. The van der Waals surface area contributed by atoms with E-state index in [4.69, 9.17) is 11.5 Å². The third-order valence-electron chi connectivity index (χ3n) is 2.20. The number of ketones is 1. The van der Waals surface area contributed by atoms with Crippen molar-refractivity contribution in [1.29, 1.82) is 0 Å². The van der Waals surface area contributed by atoms with Crippen molar-refractivity contribution in [3.8, 4) is 0 Å². The maximum Gasteiger partial charge on any atom is 0.160 e. The monoisotopic (exact) mass is 222 g/mol. The fraction of sp³-hybridized carbons (Fsp3) is 0.462. The smallest absolute Gasteiger partial charge is 0.160 e. The van der Waals surface area contributed by atoms with Crippen molar-refractivity contribution in [2.75, 3.05) is 6.54 Å².